The van der Waals surface area contributed by atoms with Crippen molar-refractivity contribution in [1.82, 2.24) is 5.32 Å². The van der Waals surface area contributed by atoms with Crippen LogP contribution in [0.2, 0.25) is 5.02 Å². The number of anilines is 1. The van der Waals surface area contributed by atoms with Gasteiger partial charge in [0.25, 0.3) is 0 Å². The molecule has 2 N–H and O–H groups in total. The minimum absolute atomic E-state index is 0.0199. The predicted molar refractivity (Wildman–Crippen MR) is 104 cm³/mol. The number of benzene rings is 2. The Labute approximate surface area is 157 Å². The fourth-order valence-electron chi connectivity index (χ4n) is 2.20. The molecule has 0 spiro atoms. The van der Waals surface area contributed by atoms with E-state index in [0.717, 1.165) is 11.3 Å². The van der Waals surface area contributed by atoms with Gasteiger partial charge in [0.05, 0.1) is 36.5 Å². The van der Waals surface area contributed by atoms with Crippen LogP contribution in [0.25, 0.3) is 0 Å². The summed E-state index contributed by atoms with van der Waals surface area (Å²) in [7, 11) is 2.95. The second-order valence-corrected chi connectivity index (χ2v) is 6.09. The molecule has 2 aromatic carbocycles. The third-order valence-electron chi connectivity index (χ3n) is 3.60. The minimum atomic E-state index is -0.440. The maximum absolute atomic E-state index is 11.6. The summed E-state index contributed by atoms with van der Waals surface area (Å²) in [5.74, 6) is 0.355. The molecular weight excluding hydrogens is 360 g/mol. The van der Waals surface area contributed by atoms with Crippen molar-refractivity contribution < 1.29 is 14.3 Å². The van der Waals surface area contributed by atoms with E-state index in [-0.39, 0.29) is 6.04 Å². The maximum atomic E-state index is 11.6. The number of esters is 1. The molecule has 0 aliphatic carbocycles. The molecule has 0 aliphatic heterocycles. The summed E-state index contributed by atoms with van der Waals surface area (Å²) in [6, 6.07) is 12.5. The van der Waals surface area contributed by atoms with Gasteiger partial charge >= 0.3 is 5.97 Å². The number of carbonyl (C=O) groups excluding carboxylic acids is 1. The van der Waals surface area contributed by atoms with Gasteiger partial charge in [-0.1, -0.05) is 23.7 Å². The SMILES string of the molecule is COC(=O)c1ccc(Cl)c(NC(=S)N[C@@H](C)c2ccc(OC)cc2)c1. The molecule has 5 nitrogen and oxygen atoms in total. The summed E-state index contributed by atoms with van der Waals surface area (Å²) in [4.78, 5) is 11.6. The van der Waals surface area contributed by atoms with E-state index in [1.807, 2.05) is 31.2 Å². The van der Waals surface area contributed by atoms with Gasteiger partial charge in [0.2, 0.25) is 0 Å². The van der Waals surface area contributed by atoms with E-state index in [1.165, 1.54) is 7.11 Å². The Hall–Kier alpha value is -2.31. The average molecular weight is 379 g/mol. The number of carbonyl (C=O) groups is 1. The number of hydrogen-bond donors (Lipinski definition) is 2. The first-order chi connectivity index (χ1) is 11.9. The third kappa shape index (κ3) is 5.08. The smallest absolute Gasteiger partial charge is 0.337 e. The third-order valence-corrected chi connectivity index (χ3v) is 4.15. The molecule has 0 aliphatic rings. The predicted octanol–water partition coefficient (Wildman–Crippen LogP) is 4.18. The van der Waals surface area contributed by atoms with E-state index in [1.54, 1.807) is 25.3 Å². The fourth-order valence-corrected chi connectivity index (χ4v) is 2.65. The summed E-state index contributed by atoms with van der Waals surface area (Å²) in [6.45, 7) is 1.99. The molecule has 2 aromatic rings. The Bertz CT molecular complexity index is 765. The lowest BCUT2D eigenvalue weighted by Crippen LogP contribution is -2.31. The van der Waals surface area contributed by atoms with Crippen molar-refractivity contribution in [2.75, 3.05) is 19.5 Å². The van der Waals surface area contributed by atoms with Gasteiger partial charge in [-0.25, -0.2) is 4.79 Å². The van der Waals surface area contributed by atoms with E-state index in [2.05, 4.69) is 10.6 Å². The van der Waals surface area contributed by atoms with E-state index in [0.29, 0.717) is 21.4 Å². The molecule has 0 heterocycles. The number of nitrogens with one attached hydrogen (secondary N) is 2. The Balaban J connectivity index is 2.05. The Morgan fingerprint density at radius 3 is 2.44 bits per heavy atom. The summed E-state index contributed by atoms with van der Waals surface area (Å²) in [5, 5.41) is 7.03. The first-order valence-electron chi connectivity index (χ1n) is 7.54. The second-order valence-electron chi connectivity index (χ2n) is 5.28. The van der Waals surface area contributed by atoms with Gasteiger partial charge in [0.1, 0.15) is 5.75 Å². The summed E-state index contributed by atoms with van der Waals surface area (Å²) in [5.41, 5.74) is 1.98. The number of methoxy groups -OCH3 is 2. The highest BCUT2D eigenvalue weighted by Crippen LogP contribution is 2.24. The molecule has 7 heteroatoms. The van der Waals surface area contributed by atoms with Gasteiger partial charge in [-0.05, 0) is 55.0 Å². The molecule has 2 rings (SSSR count). The highest BCUT2D eigenvalue weighted by Gasteiger charge is 2.12. The van der Waals surface area contributed by atoms with Gasteiger partial charge in [-0.3, -0.25) is 0 Å². The minimum Gasteiger partial charge on any atom is -0.497 e. The van der Waals surface area contributed by atoms with Crippen LogP contribution in [-0.4, -0.2) is 25.3 Å². The van der Waals surface area contributed by atoms with Crippen molar-refractivity contribution in [3.8, 4) is 5.75 Å². The Morgan fingerprint density at radius 2 is 1.84 bits per heavy atom. The number of rotatable bonds is 5. The van der Waals surface area contributed by atoms with Crippen LogP contribution >= 0.6 is 23.8 Å². The second kappa shape index (κ2) is 8.69. The van der Waals surface area contributed by atoms with Gasteiger partial charge in [-0.2, -0.15) is 0 Å². The van der Waals surface area contributed by atoms with Crippen LogP contribution in [0.15, 0.2) is 42.5 Å². The van der Waals surface area contributed by atoms with Crippen LogP contribution in [0.5, 0.6) is 5.75 Å². The zero-order chi connectivity index (χ0) is 18.4. The zero-order valence-electron chi connectivity index (χ0n) is 14.1. The van der Waals surface area contributed by atoms with Crippen LogP contribution in [0, 0.1) is 0 Å². The largest absolute Gasteiger partial charge is 0.497 e. The van der Waals surface area contributed by atoms with Crippen LogP contribution in [0.3, 0.4) is 0 Å². The van der Waals surface area contributed by atoms with Crippen molar-refractivity contribution in [2.24, 2.45) is 0 Å². The van der Waals surface area contributed by atoms with Gasteiger partial charge in [0.15, 0.2) is 5.11 Å². The lowest BCUT2D eigenvalue weighted by molar-refractivity contribution is 0.0601. The van der Waals surface area contributed by atoms with Crippen LogP contribution in [0.1, 0.15) is 28.9 Å². The first kappa shape index (κ1) is 19.0. The van der Waals surface area contributed by atoms with Crippen molar-refractivity contribution in [2.45, 2.75) is 13.0 Å². The van der Waals surface area contributed by atoms with Gasteiger partial charge in [-0.15, -0.1) is 0 Å². The standard InChI is InChI=1S/C18H19ClN2O3S/c1-11(12-4-7-14(23-2)8-5-12)20-18(25)21-16-10-13(17(22)24-3)6-9-15(16)19/h4-11H,1-3H3,(H2,20,21,25)/t11-/m0/s1. The van der Waals surface area contributed by atoms with Gasteiger partial charge < -0.3 is 20.1 Å². The Kier molecular flexibility index (Phi) is 6.61. The quantitative estimate of drug-likeness (QED) is 0.601. The molecule has 0 saturated heterocycles. The van der Waals surface area contributed by atoms with E-state index in [9.17, 15) is 4.79 Å². The highest BCUT2D eigenvalue weighted by atomic mass is 35.5. The molecule has 0 saturated carbocycles. The van der Waals surface area contributed by atoms with Crippen molar-refractivity contribution >= 4 is 40.6 Å². The molecule has 0 bridgehead atoms. The maximum Gasteiger partial charge on any atom is 0.337 e. The van der Waals surface area contributed by atoms with Crippen molar-refractivity contribution in [3.63, 3.8) is 0 Å². The number of hydrogen-bond acceptors (Lipinski definition) is 4. The van der Waals surface area contributed by atoms with Crippen molar-refractivity contribution in [1.29, 1.82) is 0 Å². The fraction of sp³-hybridized carbons (Fsp3) is 0.222. The number of ether oxygens (including phenoxy) is 2. The Morgan fingerprint density at radius 1 is 1.16 bits per heavy atom. The summed E-state index contributed by atoms with van der Waals surface area (Å²) < 4.78 is 9.86. The van der Waals surface area contributed by atoms with E-state index < -0.39 is 5.97 Å². The van der Waals surface area contributed by atoms with Crippen LogP contribution < -0.4 is 15.4 Å². The van der Waals surface area contributed by atoms with Crippen LogP contribution in [0.4, 0.5) is 5.69 Å². The number of thiocarbonyl (C=S) groups is 1. The highest BCUT2D eigenvalue weighted by molar-refractivity contribution is 7.80. The van der Waals surface area contributed by atoms with Crippen molar-refractivity contribution in [3.05, 3.63) is 58.6 Å². The molecule has 132 valence electrons. The zero-order valence-corrected chi connectivity index (χ0v) is 15.7. The van der Waals surface area contributed by atoms with Gasteiger partial charge in [0, 0.05) is 0 Å². The normalized spacial score (nSPS) is 11.4. The molecule has 0 radical (unpaired) electrons. The lowest BCUT2D eigenvalue weighted by atomic mass is 10.1. The summed E-state index contributed by atoms with van der Waals surface area (Å²) in [6.07, 6.45) is 0. The van der Waals surface area contributed by atoms with E-state index in [4.69, 9.17) is 33.3 Å². The molecule has 0 amide bonds. The van der Waals surface area contributed by atoms with Crippen LogP contribution in [-0.2, 0) is 4.74 Å². The molecule has 0 unspecified atom stereocenters. The molecular formula is C18H19ClN2O3S. The molecule has 0 fully saturated rings. The first-order valence-corrected chi connectivity index (χ1v) is 8.32. The van der Waals surface area contributed by atoms with E-state index >= 15 is 0 Å². The average Bonchev–Trinajstić information content (AvgIpc) is 2.62. The topological polar surface area (TPSA) is 59.6 Å². The summed E-state index contributed by atoms with van der Waals surface area (Å²) >= 11 is 11.5. The molecule has 1 atom stereocenters. The lowest BCUT2D eigenvalue weighted by Gasteiger charge is -2.18. The number of halogens is 1. The molecule has 25 heavy (non-hydrogen) atoms. The monoisotopic (exact) mass is 378 g/mol. The molecule has 0 aromatic heterocycles.